The highest BCUT2D eigenvalue weighted by atomic mass is 32.2. The van der Waals surface area contributed by atoms with Crippen LogP contribution in [0.1, 0.15) is 6.92 Å². The Balaban J connectivity index is 2.33. The average molecular weight is 310 g/mol. The Morgan fingerprint density at radius 2 is 1.95 bits per heavy atom. The summed E-state index contributed by atoms with van der Waals surface area (Å²) in [6.45, 7) is 2.00. The van der Waals surface area contributed by atoms with Crippen LogP contribution in [0.3, 0.4) is 0 Å². The molecular weight excluding hydrogens is 296 g/mol. The molecule has 20 heavy (non-hydrogen) atoms. The second-order valence-electron chi connectivity index (χ2n) is 3.92. The molecule has 7 heteroatoms. The Hall–Kier alpha value is -1.73. The highest BCUT2D eigenvalue weighted by Gasteiger charge is 2.15. The third-order valence-electron chi connectivity index (χ3n) is 2.50. The van der Waals surface area contributed by atoms with Crippen molar-refractivity contribution in [2.75, 3.05) is 10.5 Å². The van der Waals surface area contributed by atoms with Crippen LogP contribution < -0.4 is 10.3 Å². The van der Waals surface area contributed by atoms with E-state index in [0.717, 1.165) is 10.6 Å². The van der Waals surface area contributed by atoms with Crippen molar-refractivity contribution in [1.82, 2.24) is 4.98 Å². The lowest BCUT2D eigenvalue weighted by molar-refractivity contribution is 0.600. The number of rotatable bonds is 5. The molecule has 0 unspecified atom stereocenters. The van der Waals surface area contributed by atoms with Gasteiger partial charge in [-0.2, -0.15) is 0 Å². The summed E-state index contributed by atoms with van der Waals surface area (Å²) in [5.41, 5.74) is 0.191. The quantitative estimate of drug-likeness (QED) is 0.831. The molecule has 106 valence electrons. The van der Waals surface area contributed by atoms with Gasteiger partial charge in [0, 0.05) is 17.2 Å². The van der Waals surface area contributed by atoms with Gasteiger partial charge >= 0.3 is 0 Å². The van der Waals surface area contributed by atoms with Crippen LogP contribution in [0.5, 0.6) is 0 Å². The van der Waals surface area contributed by atoms with Gasteiger partial charge in [0.2, 0.25) is 5.56 Å². The molecule has 0 atom stereocenters. The lowest BCUT2D eigenvalue weighted by atomic mass is 10.3. The fourth-order valence-electron chi connectivity index (χ4n) is 1.60. The molecule has 0 bridgehead atoms. The van der Waals surface area contributed by atoms with Gasteiger partial charge in [0.25, 0.3) is 10.0 Å². The first kappa shape index (κ1) is 14.7. The minimum absolute atomic E-state index is 0.0217. The number of para-hydroxylation sites is 1. The highest BCUT2D eigenvalue weighted by Crippen LogP contribution is 2.28. The molecule has 2 rings (SSSR count). The number of aromatic nitrogens is 1. The molecule has 1 heterocycles. The van der Waals surface area contributed by atoms with Gasteiger partial charge < -0.3 is 4.98 Å². The number of benzene rings is 1. The average Bonchev–Trinajstić information content (AvgIpc) is 2.41. The third kappa shape index (κ3) is 3.43. The predicted molar refractivity (Wildman–Crippen MR) is 80.7 cm³/mol. The Kier molecular flexibility index (Phi) is 4.51. The van der Waals surface area contributed by atoms with Crippen LogP contribution in [0.25, 0.3) is 0 Å². The van der Waals surface area contributed by atoms with Crippen molar-refractivity contribution in [2.24, 2.45) is 0 Å². The maximum Gasteiger partial charge on any atom is 0.263 e. The van der Waals surface area contributed by atoms with E-state index in [2.05, 4.69) is 9.71 Å². The fourth-order valence-corrected chi connectivity index (χ4v) is 3.47. The van der Waals surface area contributed by atoms with Crippen LogP contribution >= 0.6 is 11.8 Å². The van der Waals surface area contributed by atoms with Gasteiger partial charge in [0.1, 0.15) is 4.90 Å². The number of aromatic amines is 1. The van der Waals surface area contributed by atoms with Crippen molar-refractivity contribution in [1.29, 1.82) is 0 Å². The Labute approximate surface area is 121 Å². The first-order chi connectivity index (χ1) is 9.53. The normalized spacial score (nSPS) is 11.2. The van der Waals surface area contributed by atoms with Crippen molar-refractivity contribution in [3.05, 3.63) is 52.9 Å². The SMILES string of the molecule is CCSc1ccccc1NS(=O)(=O)c1ccc(=O)[nH]c1. The van der Waals surface area contributed by atoms with Crippen LogP contribution in [0.2, 0.25) is 0 Å². The zero-order chi connectivity index (χ0) is 14.6. The van der Waals surface area contributed by atoms with Crippen molar-refractivity contribution in [2.45, 2.75) is 16.7 Å². The van der Waals surface area contributed by atoms with Crippen LogP contribution in [0.4, 0.5) is 5.69 Å². The lowest BCUT2D eigenvalue weighted by Gasteiger charge is -2.11. The summed E-state index contributed by atoms with van der Waals surface area (Å²) in [5.74, 6) is 0.845. The van der Waals surface area contributed by atoms with Gasteiger partial charge in [-0.1, -0.05) is 19.1 Å². The number of hydrogen-bond acceptors (Lipinski definition) is 4. The van der Waals surface area contributed by atoms with E-state index in [1.165, 1.54) is 18.3 Å². The van der Waals surface area contributed by atoms with Crippen molar-refractivity contribution < 1.29 is 8.42 Å². The molecule has 1 aromatic heterocycles. The molecule has 0 radical (unpaired) electrons. The Bertz CT molecular complexity index is 734. The maximum atomic E-state index is 12.2. The number of thioether (sulfide) groups is 1. The second-order valence-corrected chi connectivity index (χ2v) is 6.91. The third-order valence-corrected chi connectivity index (χ3v) is 4.82. The summed E-state index contributed by atoms with van der Waals surface area (Å²) in [6, 6.07) is 9.65. The number of nitrogens with one attached hydrogen (secondary N) is 2. The molecule has 0 aliphatic heterocycles. The van der Waals surface area contributed by atoms with E-state index in [9.17, 15) is 13.2 Å². The molecule has 2 N–H and O–H groups in total. The number of H-pyrrole nitrogens is 1. The molecule has 5 nitrogen and oxygen atoms in total. The number of anilines is 1. The van der Waals surface area contributed by atoms with Crippen molar-refractivity contribution >= 4 is 27.5 Å². The smallest absolute Gasteiger partial charge is 0.263 e. The van der Waals surface area contributed by atoms with Crippen LogP contribution in [0, 0.1) is 0 Å². The summed E-state index contributed by atoms with van der Waals surface area (Å²) < 4.78 is 27.0. The summed E-state index contributed by atoms with van der Waals surface area (Å²) in [7, 11) is -3.70. The van der Waals surface area contributed by atoms with Gasteiger partial charge in [-0.3, -0.25) is 9.52 Å². The van der Waals surface area contributed by atoms with E-state index < -0.39 is 10.0 Å². The molecule has 0 aliphatic rings. The molecule has 0 aliphatic carbocycles. The van der Waals surface area contributed by atoms with E-state index in [0.29, 0.717) is 5.69 Å². The molecule has 0 spiro atoms. The summed E-state index contributed by atoms with van der Waals surface area (Å²) in [5, 5.41) is 0. The number of sulfonamides is 1. The van der Waals surface area contributed by atoms with Gasteiger partial charge in [-0.05, 0) is 24.0 Å². The predicted octanol–water partition coefficient (Wildman–Crippen LogP) is 2.29. The Morgan fingerprint density at radius 1 is 1.20 bits per heavy atom. The zero-order valence-corrected chi connectivity index (χ0v) is 12.4. The first-order valence-electron chi connectivity index (χ1n) is 5.96. The van der Waals surface area contributed by atoms with Crippen LogP contribution in [-0.4, -0.2) is 19.2 Å². The van der Waals surface area contributed by atoms with Crippen LogP contribution in [0.15, 0.2) is 57.2 Å². The molecule has 0 amide bonds. The largest absolute Gasteiger partial charge is 0.328 e. The number of hydrogen-bond donors (Lipinski definition) is 2. The summed E-state index contributed by atoms with van der Waals surface area (Å²) >= 11 is 1.56. The minimum atomic E-state index is -3.70. The molecule has 0 saturated heterocycles. The maximum absolute atomic E-state index is 12.2. The second kappa shape index (κ2) is 6.15. The zero-order valence-electron chi connectivity index (χ0n) is 10.8. The van der Waals surface area contributed by atoms with E-state index in [1.807, 2.05) is 19.1 Å². The highest BCUT2D eigenvalue weighted by molar-refractivity contribution is 7.99. The molecule has 2 aromatic rings. The lowest BCUT2D eigenvalue weighted by Crippen LogP contribution is -2.15. The fraction of sp³-hybridized carbons (Fsp3) is 0.154. The van der Waals surface area contributed by atoms with Gasteiger partial charge in [0.15, 0.2) is 0 Å². The molecule has 0 fully saturated rings. The molecule has 0 saturated carbocycles. The number of pyridine rings is 1. The Morgan fingerprint density at radius 3 is 2.60 bits per heavy atom. The molecular formula is C13H14N2O3S2. The van der Waals surface area contributed by atoms with E-state index >= 15 is 0 Å². The summed E-state index contributed by atoms with van der Waals surface area (Å²) in [6.07, 6.45) is 1.18. The summed E-state index contributed by atoms with van der Waals surface area (Å²) in [4.78, 5) is 14.2. The van der Waals surface area contributed by atoms with Gasteiger partial charge in [0.05, 0.1) is 5.69 Å². The van der Waals surface area contributed by atoms with Crippen molar-refractivity contribution in [3.8, 4) is 0 Å². The topological polar surface area (TPSA) is 79.0 Å². The van der Waals surface area contributed by atoms with Crippen molar-refractivity contribution in [3.63, 3.8) is 0 Å². The standard InChI is InChI=1S/C13H14N2O3S2/c1-2-19-12-6-4-3-5-11(12)15-20(17,18)10-7-8-13(16)14-9-10/h3-9,15H,2H2,1H3,(H,14,16). The van der Waals surface area contributed by atoms with E-state index in [-0.39, 0.29) is 10.5 Å². The van der Waals surface area contributed by atoms with E-state index in [4.69, 9.17) is 0 Å². The van der Waals surface area contributed by atoms with E-state index in [1.54, 1.807) is 23.9 Å². The van der Waals surface area contributed by atoms with Crippen LogP contribution in [-0.2, 0) is 10.0 Å². The first-order valence-corrected chi connectivity index (χ1v) is 8.43. The monoisotopic (exact) mass is 310 g/mol. The van der Waals surface area contributed by atoms with Gasteiger partial charge in [-0.25, -0.2) is 8.42 Å². The minimum Gasteiger partial charge on any atom is -0.328 e. The van der Waals surface area contributed by atoms with Gasteiger partial charge in [-0.15, -0.1) is 11.8 Å². The molecule has 1 aromatic carbocycles.